The zero-order valence-corrected chi connectivity index (χ0v) is 16.8. The highest BCUT2D eigenvalue weighted by molar-refractivity contribution is 5.95. The molecule has 6 heteroatoms. The van der Waals surface area contributed by atoms with Crippen LogP contribution >= 0.6 is 0 Å². The molecule has 1 heterocycles. The monoisotopic (exact) mass is 378 g/mol. The predicted molar refractivity (Wildman–Crippen MR) is 111 cm³/mol. The molecule has 0 aliphatic heterocycles. The summed E-state index contributed by atoms with van der Waals surface area (Å²) in [4.78, 5) is 33.9. The molecular formula is C22H26N4O2. The van der Waals surface area contributed by atoms with Crippen molar-refractivity contribution in [3.8, 4) is 0 Å². The number of hydrogen-bond acceptors (Lipinski definition) is 3. The van der Waals surface area contributed by atoms with Crippen molar-refractivity contribution in [3.63, 3.8) is 0 Å². The van der Waals surface area contributed by atoms with Gasteiger partial charge < -0.3 is 15.2 Å². The number of fused-ring (bicyclic) bond motifs is 1. The standard InChI is InChI=1S/C22H26N4O2/c1-14-11-15(2)22(16(3)12-14)25-20(27)13-26(4)21(28)10-9-19-23-17-7-5-6-8-18(17)24-19/h5-8,11-12H,9-10,13H2,1-4H3,(H,23,24)(H,25,27). The van der Waals surface area contributed by atoms with E-state index in [1.54, 1.807) is 7.05 Å². The minimum atomic E-state index is -0.199. The number of hydrogen-bond donors (Lipinski definition) is 2. The van der Waals surface area contributed by atoms with Gasteiger partial charge >= 0.3 is 0 Å². The minimum absolute atomic E-state index is 0.0196. The number of aromatic nitrogens is 2. The number of nitrogens with zero attached hydrogens (tertiary/aromatic N) is 2. The molecule has 0 saturated heterocycles. The van der Waals surface area contributed by atoms with Crippen molar-refractivity contribution < 1.29 is 9.59 Å². The molecule has 0 unspecified atom stereocenters. The average Bonchev–Trinajstić information content (AvgIpc) is 3.05. The van der Waals surface area contributed by atoms with Gasteiger partial charge in [-0.2, -0.15) is 0 Å². The van der Waals surface area contributed by atoms with Gasteiger partial charge in [-0.05, 0) is 44.0 Å². The molecule has 1 aromatic heterocycles. The second-order valence-electron chi connectivity index (χ2n) is 7.27. The Balaban J connectivity index is 1.54. The summed E-state index contributed by atoms with van der Waals surface area (Å²) >= 11 is 0. The molecule has 6 nitrogen and oxygen atoms in total. The van der Waals surface area contributed by atoms with Gasteiger partial charge in [0.25, 0.3) is 0 Å². The number of para-hydroxylation sites is 2. The van der Waals surface area contributed by atoms with Gasteiger partial charge in [-0.15, -0.1) is 0 Å². The number of benzene rings is 2. The highest BCUT2D eigenvalue weighted by Crippen LogP contribution is 2.21. The maximum atomic E-state index is 12.4. The van der Waals surface area contributed by atoms with Gasteiger partial charge in [0.15, 0.2) is 0 Å². The van der Waals surface area contributed by atoms with Crippen molar-refractivity contribution in [2.45, 2.75) is 33.6 Å². The van der Waals surface area contributed by atoms with Crippen LogP contribution in [0.25, 0.3) is 11.0 Å². The molecule has 28 heavy (non-hydrogen) atoms. The van der Waals surface area contributed by atoms with Crippen LogP contribution in [-0.2, 0) is 16.0 Å². The molecule has 0 fully saturated rings. The van der Waals surface area contributed by atoms with Crippen molar-refractivity contribution in [3.05, 3.63) is 58.9 Å². The summed E-state index contributed by atoms with van der Waals surface area (Å²) in [7, 11) is 1.65. The first-order chi connectivity index (χ1) is 13.3. The van der Waals surface area contributed by atoms with Gasteiger partial charge in [-0.1, -0.05) is 29.8 Å². The van der Waals surface area contributed by atoms with E-state index >= 15 is 0 Å². The first-order valence-electron chi connectivity index (χ1n) is 9.39. The molecule has 2 aromatic carbocycles. The van der Waals surface area contributed by atoms with E-state index in [0.717, 1.165) is 39.2 Å². The number of likely N-dealkylation sites (N-methyl/N-ethyl adjacent to an activating group) is 1. The Morgan fingerprint density at radius 3 is 2.46 bits per heavy atom. The van der Waals surface area contributed by atoms with Crippen LogP contribution in [0, 0.1) is 20.8 Å². The number of carbonyl (C=O) groups excluding carboxylic acids is 2. The summed E-state index contributed by atoms with van der Waals surface area (Å²) in [6, 6.07) is 11.8. The summed E-state index contributed by atoms with van der Waals surface area (Å²) < 4.78 is 0. The minimum Gasteiger partial charge on any atom is -0.342 e. The van der Waals surface area contributed by atoms with Crippen LogP contribution in [0.15, 0.2) is 36.4 Å². The Hall–Kier alpha value is -3.15. The molecule has 0 spiro atoms. The summed E-state index contributed by atoms with van der Waals surface area (Å²) in [5, 5.41) is 2.93. The summed E-state index contributed by atoms with van der Waals surface area (Å²) in [5.41, 5.74) is 5.86. The average molecular weight is 378 g/mol. The predicted octanol–water partition coefficient (Wildman–Crippen LogP) is 3.52. The molecule has 146 valence electrons. The number of nitrogens with one attached hydrogen (secondary N) is 2. The van der Waals surface area contributed by atoms with E-state index in [2.05, 4.69) is 15.3 Å². The molecular weight excluding hydrogens is 352 g/mol. The smallest absolute Gasteiger partial charge is 0.243 e. The second-order valence-corrected chi connectivity index (χ2v) is 7.27. The van der Waals surface area contributed by atoms with E-state index in [0.29, 0.717) is 12.8 Å². The maximum absolute atomic E-state index is 12.4. The van der Waals surface area contributed by atoms with Crippen LogP contribution in [0.5, 0.6) is 0 Å². The number of aromatic amines is 1. The van der Waals surface area contributed by atoms with Crippen molar-refractivity contribution >= 4 is 28.5 Å². The zero-order chi connectivity index (χ0) is 20.3. The molecule has 3 aromatic rings. The number of anilines is 1. The second kappa shape index (κ2) is 8.25. The van der Waals surface area contributed by atoms with Crippen molar-refractivity contribution in [1.29, 1.82) is 0 Å². The Bertz CT molecular complexity index is 966. The molecule has 0 saturated carbocycles. The fourth-order valence-corrected chi connectivity index (χ4v) is 3.40. The quantitative estimate of drug-likeness (QED) is 0.689. The normalized spacial score (nSPS) is 10.9. The molecule has 0 radical (unpaired) electrons. The lowest BCUT2D eigenvalue weighted by Crippen LogP contribution is -2.35. The van der Waals surface area contributed by atoms with Crippen LogP contribution in [0.3, 0.4) is 0 Å². The molecule has 2 N–H and O–H groups in total. The number of aryl methyl sites for hydroxylation is 4. The summed E-state index contributed by atoms with van der Waals surface area (Å²) in [6.45, 7) is 5.99. The summed E-state index contributed by atoms with van der Waals surface area (Å²) in [6.07, 6.45) is 0.807. The Morgan fingerprint density at radius 1 is 1.11 bits per heavy atom. The van der Waals surface area contributed by atoms with Crippen molar-refractivity contribution in [1.82, 2.24) is 14.9 Å². The van der Waals surface area contributed by atoms with Gasteiger partial charge in [0.05, 0.1) is 17.6 Å². The third-order valence-corrected chi connectivity index (χ3v) is 4.76. The molecule has 3 rings (SSSR count). The Morgan fingerprint density at radius 2 is 1.79 bits per heavy atom. The van der Waals surface area contributed by atoms with E-state index < -0.39 is 0 Å². The highest BCUT2D eigenvalue weighted by atomic mass is 16.2. The van der Waals surface area contributed by atoms with Crippen LogP contribution in [0.4, 0.5) is 5.69 Å². The third-order valence-electron chi connectivity index (χ3n) is 4.76. The number of rotatable bonds is 6. The third kappa shape index (κ3) is 4.57. The Kier molecular flexibility index (Phi) is 5.78. The van der Waals surface area contributed by atoms with Crippen LogP contribution in [0.1, 0.15) is 28.9 Å². The molecule has 2 amide bonds. The first kappa shape index (κ1) is 19.6. The molecule has 0 aliphatic carbocycles. The number of imidazole rings is 1. The molecule has 0 atom stereocenters. The van der Waals surface area contributed by atoms with Gasteiger partial charge in [0.1, 0.15) is 5.82 Å². The lowest BCUT2D eigenvalue weighted by atomic mass is 10.1. The van der Waals surface area contributed by atoms with E-state index in [1.165, 1.54) is 4.90 Å². The summed E-state index contributed by atoms with van der Waals surface area (Å²) in [5.74, 6) is 0.487. The largest absolute Gasteiger partial charge is 0.342 e. The highest BCUT2D eigenvalue weighted by Gasteiger charge is 2.15. The first-order valence-corrected chi connectivity index (χ1v) is 9.39. The van der Waals surface area contributed by atoms with E-state index in [1.807, 2.05) is 57.2 Å². The van der Waals surface area contributed by atoms with Crippen molar-refractivity contribution in [2.24, 2.45) is 0 Å². The van der Waals surface area contributed by atoms with E-state index in [9.17, 15) is 9.59 Å². The van der Waals surface area contributed by atoms with E-state index in [4.69, 9.17) is 0 Å². The molecule has 0 bridgehead atoms. The lowest BCUT2D eigenvalue weighted by Gasteiger charge is -2.18. The van der Waals surface area contributed by atoms with E-state index in [-0.39, 0.29) is 18.4 Å². The van der Waals surface area contributed by atoms with Gasteiger partial charge in [0, 0.05) is 25.6 Å². The fraction of sp³-hybridized carbons (Fsp3) is 0.318. The zero-order valence-electron chi connectivity index (χ0n) is 16.8. The number of amides is 2. The topological polar surface area (TPSA) is 78.1 Å². The molecule has 0 aliphatic rings. The van der Waals surface area contributed by atoms with Gasteiger partial charge in [-0.3, -0.25) is 9.59 Å². The van der Waals surface area contributed by atoms with Gasteiger partial charge in [0.2, 0.25) is 11.8 Å². The number of H-pyrrole nitrogens is 1. The van der Waals surface area contributed by atoms with Gasteiger partial charge in [-0.25, -0.2) is 4.98 Å². The number of carbonyl (C=O) groups is 2. The van der Waals surface area contributed by atoms with Crippen LogP contribution < -0.4 is 5.32 Å². The Labute approximate surface area is 165 Å². The fourth-order valence-electron chi connectivity index (χ4n) is 3.40. The SMILES string of the molecule is Cc1cc(C)c(NC(=O)CN(C)C(=O)CCc2nc3ccccc3[nH]2)c(C)c1. The van der Waals surface area contributed by atoms with Crippen LogP contribution in [0.2, 0.25) is 0 Å². The maximum Gasteiger partial charge on any atom is 0.243 e. The van der Waals surface area contributed by atoms with Crippen LogP contribution in [-0.4, -0.2) is 40.3 Å². The van der Waals surface area contributed by atoms with Crippen molar-refractivity contribution in [2.75, 3.05) is 18.9 Å². The lowest BCUT2D eigenvalue weighted by molar-refractivity contribution is -0.133.